The van der Waals surface area contributed by atoms with Crippen LogP contribution in [0.2, 0.25) is 0 Å². The van der Waals surface area contributed by atoms with E-state index in [-0.39, 0.29) is 0 Å². The van der Waals surface area contributed by atoms with Crippen molar-refractivity contribution in [3.05, 3.63) is 18.1 Å². The zero-order valence-electron chi connectivity index (χ0n) is 8.61. The zero-order valence-corrected chi connectivity index (χ0v) is 9.43. The van der Waals surface area contributed by atoms with Gasteiger partial charge in [0.25, 0.3) is 0 Å². The summed E-state index contributed by atoms with van der Waals surface area (Å²) in [6.07, 6.45) is 1.63. The summed E-state index contributed by atoms with van der Waals surface area (Å²) >= 11 is 1.81. The second-order valence-corrected chi connectivity index (χ2v) is 4.96. The summed E-state index contributed by atoms with van der Waals surface area (Å²) in [5.41, 5.74) is 1.04. The second-order valence-electron chi connectivity index (χ2n) is 3.56. The minimum absolute atomic E-state index is 0.606. The average Bonchev–Trinajstić information content (AvgIpc) is 2.04. The van der Waals surface area contributed by atoms with Crippen LogP contribution in [0.25, 0.3) is 0 Å². The van der Waals surface area contributed by atoms with E-state index in [2.05, 4.69) is 30.7 Å². The third-order valence-electron chi connectivity index (χ3n) is 2.02. The fourth-order valence-corrected chi connectivity index (χ4v) is 1.82. The first-order valence-electron chi connectivity index (χ1n) is 4.55. The highest BCUT2D eigenvalue weighted by atomic mass is 32.2. The van der Waals surface area contributed by atoms with Gasteiger partial charge < -0.3 is 0 Å². The minimum atomic E-state index is 0.606. The highest BCUT2D eigenvalue weighted by Gasteiger charge is 2.09. The van der Waals surface area contributed by atoms with Gasteiger partial charge in [0.2, 0.25) is 0 Å². The number of aryl methyl sites for hydroxylation is 1. The Morgan fingerprint density at radius 2 is 1.92 bits per heavy atom. The van der Waals surface area contributed by atoms with E-state index in [1.807, 2.05) is 24.8 Å². The van der Waals surface area contributed by atoms with E-state index in [0.717, 1.165) is 10.7 Å². The molecule has 1 atom stereocenters. The molecular weight excluding hydrogens is 180 g/mol. The molecule has 1 rings (SSSR count). The van der Waals surface area contributed by atoms with Gasteiger partial charge in [-0.1, -0.05) is 20.8 Å². The molecule has 1 aromatic rings. The van der Waals surface area contributed by atoms with Gasteiger partial charge in [-0.25, -0.2) is 9.97 Å². The molecule has 0 spiro atoms. The number of hydrogen-bond acceptors (Lipinski definition) is 3. The quantitative estimate of drug-likeness (QED) is 0.549. The standard InChI is InChI=1S/C10H16N2S/c1-7(2)9(4)13-10-5-8(3)11-6-12-10/h5-7,9H,1-4H3. The Bertz CT molecular complexity index is 273. The Kier molecular flexibility index (Phi) is 3.72. The maximum absolute atomic E-state index is 4.21. The van der Waals surface area contributed by atoms with Crippen LogP contribution in [0.15, 0.2) is 17.4 Å². The molecule has 0 amide bonds. The molecule has 1 heterocycles. The van der Waals surface area contributed by atoms with Gasteiger partial charge in [-0.2, -0.15) is 0 Å². The zero-order chi connectivity index (χ0) is 9.84. The summed E-state index contributed by atoms with van der Waals surface area (Å²) < 4.78 is 0. The predicted octanol–water partition coefficient (Wildman–Crippen LogP) is 2.92. The molecule has 0 aromatic carbocycles. The number of rotatable bonds is 3. The van der Waals surface area contributed by atoms with E-state index in [9.17, 15) is 0 Å². The van der Waals surface area contributed by atoms with Crippen LogP contribution >= 0.6 is 11.8 Å². The molecule has 3 heteroatoms. The molecule has 0 aliphatic heterocycles. The van der Waals surface area contributed by atoms with E-state index in [1.54, 1.807) is 6.33 Å². The summed E-state index contributed by atoms with van der Waals surface area (Å²) in [4.78, 5) is 8.28. The number of thioether (sulfide) groups is 1. The molecule has 0 bridgehead atoms. The fraction of sp³-hybridized carbons (Fsp3) is 0.600. The molecular formula is C10H16N2S. The Morgan fingerprint density at radius 1 is 1.23 bits per heavy atom. The molecule has 0 saturated heterocycles. The molecule has 0 radical (unpaired) electrons. The predicted molar refractivity (Wildman–Crippen MR) is 56.9 cm³/mol. The SMILES string of the molecule is Cc1cc(SC(C)C(C)C)ncn1. The fourth-order valence-electron chi connectivity index (χ4n) is 0.821. The largest absolute Gasteiger partial charge is 0.242 e. The van der Waals surface area contributed by atoms with Crippen molar-refractivity contribution in [2.75, 3.05) is 0 Å². The molecule has 0 aliphatic carbocycles. The molecule has 72 valence electrons. The molecule has 13 heavy (non-hydrogen) atoms. The van der Waals surface area contributed by atoms with E-state index < -0.39 is 0 Å². The van der Waals surface area contributed by atoms with Crippen molar-refractivity contribution in [3.63, 3.8) is 0 Å². The van der Waals surface area contributed by atoms with Crippen molar-refractivity contribution in [2.24, 2.45) is 5.92 Å². The van der Waals surface area contributed by atoms with Crippen molar-refractivity contribution in [2.45, 2.75) is 38.0 Å². The van der Waals surface area contributed by atoms with Crippen molar-refractivity contribution >= 4 is 11.8 Å². The van der Waals surface area contributed by atoms with Gasteiger partial charge >= 0.3 is 0 Å². The van der Waals surface area contributed by atoms with Gasteiger partial charge in [-0.05, 0) is 18.9 Å². The van der Waals surface area contributed by atoms with Crippen molar-refractivity contribution in [1.29, 1.82) is 0 Å². The summed E-state index contributed by atoms with van der Waals surface area (Å²) in [5, 5.41) is 1.68. The van der Waals surface area contributed by atoms with Crippen LogP contribution in [0.5, 0.6) is 0 Å². The summed E-state index contributed by atoms with van der Waals surface area (Å²) in [7, 11) is 0. The first kappa shape index (κ1) is 10.5. The van der Waals surface area contributed by atoms with E-state index in [0.29, 0.717) is 11.2 Å². The van der Waals surface area contributed by atoms with Crippen LogP contribution in [-0.4, -0.2) is 15.2 Å². The van der Waals surface area contributed by atoms with Crippen LogP contribution < -0.4 is 0 Å². The van der Waals surface area contributed by atoms with E-state index >= 15 is 0 Å². The number of hydrogen-bond donors (Lipinski definition) is 0. The molecule has 0 fully saturated rings. The average molecular weight is 196 g/mol. The highest BCUT2D eigenvalue weighted by molar-refractivity contribution is 7.99. The Balaban J connectivity index is 2.64. The summed E-state index contributed by atoms with van der Waals surface area (Å²) in [5.74, 6) is 0.681. The van der Waals surface area contributed by atoms with Crippen molar-refractivity contribution < 1.29 is 0 Å². The smallest absolute Gasteiger partial charge is 0.116 e. The van der Waals surface area contributed by atoms with Gasteiger partial charge in [-0.15, -0.1) is 11.8 Å². The third-order valence-corrected chi connectivity index (χ3v) is 3.41. The van der Waals surface area contributed by atoms with Gasteiger partial charge in [0.15, 0.2) is 0 Å². The van der Waals surface area contributed by atoms with Crippen LogP contribution in [0.3, 0.4) is 0 Å². The lowest BCUT2D eigenvalue weighted by molar-refractivity contribution is 0.641. The van der Waals surface area contributed by atoms with E-state index in [4.69, 9.17) is 0 Å². The lowest BCUT2D eigenvalue weighted by Gasteiger charge is -2.13. The van der Waals surface area contributed by atoms with Gasteiger partial charge in [0.05, 0.1) is 5.03 Å². The molecule has 0 aliphatic rings. The van der Waals surface area contributed by atoms with E-state index in [1.165, 1.54) is 0 Å². The monoisotopic (exact) mass is 196 g/mol. The topological polar surface area (TPSA) is 25.8 Å². The normalized spacial score (nSPS) is 13.3. The van der Waals surface area contributed by atoms with Crippen LogP contribution in [0.4, 0.5) is 0 Å². The highest BCUT2D eigenvalue weighted by Crippen LogP contribution is 2.25. The van der Waals surface area contributed by atoms with Gasteiger partial charge in [0, 0.05) is 10.9 Å². The second kappa shape index (κ2) is 4.61. The third kappa shape index (κ3) is 3.35. The van der Waals surface area contributed by atoms with Crippen molar-refractivity contribution in [1.82, 2.24) is 9.97 Å². The maximum Gasteiger partial charge on any atom is 0.116 e. The van der Waals surface area contributed by atoms with Crippen LogP contribution in [0, 0.1) is 12.8 Å². The van der Waals surface area contributed by atoms with Gasteiger partial charge in [-0.3, -0.25) is 0 Å². The number of nitrogens with zero attached hydrogens (tertiary/aromatic N) is 2. The number of aromatic nitrogens is 2. The van der Waals surface area contributed by atoms with Gasteiger partial charge in [0.1, 0.15) is 6.33 Å². The molecule has 2 nitrogen and oxygen atoms in total. The molecule has 0 N–H and O–H groups in total. The summed E-state index contributed by atoms with van der Waals surface area (Å²) in [6, 6.07) is 2.03. The van der Waals surface area contributed by atoms with Crippen LogP contribution in [-0.2, 0) is 0 Å². The molecule has 1 aromatic heterocycles. The first-order chi connectivity index (χ1) is 6.09. The molecule has 0 saturated carbocycles. The van der Waals surface area contributed by atoms with Crippen molar-refractivity contribution in [3.8, 4) is 0 Å². The Hall–Kier alpha value is -0.570. The van der Waals surface area contributed by atoms with Crippen LogP contribution in [0.1, 0.15) is 26.5 Å². The lowest BCUT2D eigenvalue weighted by Crippen LogP contribution is -2.05. The summed E-state index contributed by atoms with van der Waals surface area (Å²) in [6.45, 7) is 8.68. The first-order valence-corrected chi connectivity index (χ1v) is 5.43. The Labute approximate surface area is 84.2 Å². The maximum atomic E-state index is 4.21. The molecule has 1 unspecified atom stereocenters. The Morgan fingerprint density at radius 3 is 2.46 bits per heavy atom. The lowest BCUT2D eigenvalue weighted by atomic mass is 10.2. The minimum Gasteiger partial charge on any atom is -0.242 e.